The van der Waals surface area contributed by atoms with Crippen molar-refractivity contribution in [3.8, 4) is 22.6 Å². The summed E-state index contributed by atoms with van der Waals surface area (Å²) in [4.78, 5) is 17.6. The van der Waals surface area contributed by atoms with Crippen molar-refractivity contribution in [2.24, 2.45) is 0 Å². The topological polar surface area (TPSA) is 97.7 Å². The van der Waals surface area contributed by atoms with Crippen LogP contribution in [0.1, 0.15) is 44.4 Å². The molecular weight excluding hydrogens is 574 g/mol. The average molecular weight is 616 g/mol. The number of nitrogens with one attached hydrogen (secondary N) is 1. The molecule has 4 rings (SSSR count). The van der Waals surface area contributed by atoms with Gasteiger partial charge in [0, 0.05) is 30.5 Å². The third-order valence-corrected chi connectivity index (χ3v) is 8.25. The van der Waals surface area contributed by atoms with Crippen LogP contribution in [0.5, 0.6) is 11.5 Å². The van der Waals surface area contributed by atoms with Gasteiger partial charge in [0.15, 0.2) is 10.6 Å². The van der Waals surface area contributed by atoms with Crippen LogP contribution in [0.15, 0.2) is 90.2 Å². The van der Waals surface area contributed by atoms with Gasteiger partial charge < -0.3 is 28.6 Å². The number of hydrogen-bond acceptors (Lipinski definition) is 6. The second kappa shape index (κ2) is 17.3. The highest BCUT2D eigenvalue weighted by Crippen LogP contribution is 2.29. The van der Waals surface area contributed by atoms with Gasteiger partial charge in [0.25, 0.3) is 0 Å². The van der Waals surface area contributed by atoms with Crippen LogP contribution >= 0.6 is 0 Å². The number of aromatic nitrogens is 2. The van der Waals surface area contributed by atoms with Crippen LogP contribution in [-0.4, -0.2) is 46.9 Å². The van der Waals surface area contributed by atoms with Gasteiger partial charge in [-0.05, 0) is 89.8 Å². The number of aryl methyl sites for hydroxylation is 1. The number of carbonyl (C=O) groups excluding carboxylic acids is 1. The number of nitrogens with zero attached hydrogens (tertiary/aromatic N) is 2. The van der Waals surface area contributed by atoms with Gasteiger partial charge in [0.05, 0.1) is 31.9 Å². The monoisotopic (exact) mass is 615 g/mol. The Bertz CT molecular complexity index is 1490. The van der Waals surface area contributed by atoms with Crippen LogP contribution in [0.25, 0.3) is 17.2 Å². The van der Waals surface area contributed by atoms with E-state index in [1.54, 1.807) is 50.0 Å². The van der Waals surface area contributed by atoms with E-state index in [-0.39, 0.29) is 5.91 Å². The highest BCUT2D eigenvalue weighted by molar-refractivity contribution is 7.90. The lowest BCUT2D eigenvalue weighted by Crippen LogP contribution is -2.11. The Morgan fingerprint density at radius 2 is 1.75 bits per heavy atom. The van der Waals surface area contributed by atoms with Gasteiger partial charge >= 0.3 is 0 Å². The van der Waals surface area contributed by atoms with Crippen LogP contribution in [-0.2, 0) is 33.0 Å². The summed E-state index contributed by atoms with van der Waals surface area (Å²) in [5, 5.41) is 2.87. The summed E-state index contributed by atoms with van der Waals surface area (Å²) >= 11 is -1.22. The fourth-order valence-electron chi connectivity index (χ4n) is 4.52. The minimum Gasteiger partial charge on any atom is -0.611 e. The molecule has 9 heteroatoms. The number of methoxy groups -OCH3 is 1. The minimum atomic E-state index is -1.22. The van der Waals surface area contributed by atoms with Crippen molar-refractivity contribution in [1.29, 1.82) is 0 Å². The molecule has 1 amide bonds. The summed E-state index contributed by atoms with van der Waals surface area (Å²) in [6.07, 6.45) is 9.90. The third-order valence-electron chi connectivity index (χ3n) is 6.90. The Hall–Kier alpha value is -4.05. The molecule has 0 bridgehead atoms. The summed E-state index contributed by atoms with van der Waals surface area (Å²) < 4.78 is 31.8. The molecule has 1 N–H and O–H groups in total. The Labute approximate surface area is 263 Å². The molecule has 0 aliphatic rings. The Balaban J connectivity index is 1.33. The number of hydrogen-bond donors (Lipinski definition) is 1. The number of imidazole rings is 1. The maximum absolute atomic E-state index is 12.9. The summed E-state index contributed by atoms with van der Waals surface area (Å²) in [5.74, 6) is 1.56. The maximum atomic E-state index is 12.9. The fraction of sp³-hybridized carbons (Fsp3) is 0.314. The van der Waals surface area contributed by atoms with E-state index in [2.05, 4.69) is 24.1 Å². The normalized spacial score (nSPS) is 11.9. The average Bonchev–Trinajstić information content (AvgIpc) is 3.48. The van der Waals surface area contributed by atoms with Crippen LogP contribution in [0.2, 0.25) is 0 Å². The van der Waals surface area contributed by atoms with Crippen molar-refractivity contribution in [1.82, 2.24) is 9.55 Å². The van der Waals surface area contributed by atoms with E-state index >= 15 is 0 Å². The molecule has 0 unspecified atom stereocenters. The number of carbonyl (C=O) groups is 1. The maximum Gasteiger partial charge on any atom is 0.248 e. The van der Waals surface area contributed by atoms with Crippen molar-refractivity contribution < 1.29 is 23.6 Å². The molecule has 44 heavy (non-hydrogen) atoms. The van der Waals surface area contributed by atoms with Gasteiger partial charge in [-0.15, -0.1) is 0 Å². The molecule has 232 valence electrons. The molecule has 0 saturated carbocycles. The van der Waals surface area contributed by atoms with Crippen LogP contribution in [0, 0.1) is 0 Å². The molecule has 0 saturated heterocycles. The van der Waals surface area contributed by atoms with Gasteiger partial charge in [-0.25, -0.2) is 4.98 Å². The van der Waals surface area contributed by atoms with E-state index in [0.29, 0.717) is 35.3 Å². The standard InChI is InChI=1S/C35H41N3O5S/c1-4-6-20-42-21-22-43-32-13-7-27(8-14-32)28-9-17-34(41-3)29(23-28)10-18-35(39)37-30-11-15-33(16-12-30)44(40)25-31-24-36-26-38(31)19-5-2/h7-18,23-24,26H,4-6,19-22,25H2,1-3H3,(H,37,39)/b18-10-/t44-/m0/s1. The molecule has 1 aromatic heterocycles. The van der Waals surface area contributed by atoms with Gasteiger partial charge in [0.2, 0.25) is 5.91 Å². The van der Waals surface area contributed by atoms with Crippen molar-refractivity contribution in [2.45, 2.75) is 50.3 Å². The first-order valence-electron chi connectivity index (χ1n) is 15.0. The molecule has 0 spiro atoms. The number of ether oxygens (including phenoxy) is 3. The second-order valence-electron chi connectivity index (χ2n) is 10.2. The first-order valence-corrected chi connectivity index (χ1v) is 16.3. The summed E-state index contributed by atoms with van der Waals surface area (Å²) in [7, 11) is 1.60. The third kappa shape index (κ3) is 9.74. The molecular formula is C35H41N3O5S. The van der Waals surface area contributed by atoms with Crippen molar-refractivity contribution in [2.75, 3.05) is 32.2 Å². The molecule has 0 aliphatic carbocycles. The number of amides is 1. The van der Waals surface area contributed by atoms with E-state index < -0.39 is 11.2 Å². The Morgan fingerprint density at radius 3 is 2.48 bits per heavy atom. The minimum absolute atomic E-state index is 0.282. The first kappa shape index (κ1) is 32.9. The van der Waals surface area contributed by atoms with E-state index in [1.807, 2.05) is 47.0 Å². The molecule has 8 nitrogen and oxygen atoms in total. The number of anilines is 1. The van der Waals surface area contributed by atoms with Crippen LogP contribution < -0.4 is 14.8 Å². The lowest BCUT2D eigenvalue weighted by Gasteiger charge is -2.12. The number of unbranched alkanes of at least 4 members (excludes halogenated alkanes) is 1. The molecule has 0 fully saturated rings. The molecule has 1 atom stereocenters. The molecule has 4 aromatic rings. The van der Waals surface area contributed by atoms with Gasteiger partial charge in [-0.3, -0.25) is 4.79 Å². The predicted molar refractivity (Wildman–Crippen MR) is 176 cm³/mol. The Kier molecular flexibility index (Phi) is 12.9. The van der Waals surface area contributed by atoms with Crippen LogP contribution in [0.3, 0.4) is 0 Å². The molecule has 3 aromatic carbocycles. The summed E-state index contributed by atoms with van der Waals surface area (Å²) in [6.45, 7) is 6.93. The lowest BCUT2D eigenvalue weighted by molar-refractivity contribution is -0.111. The lowest BCUT2D eigenvalue weighted by atomic mass is 10.0. The Morgan fingerprint density at radius 1 is 0.977 bits per heavy atom. The van der Waals surface area contributed by atoms with E-state index in [4.69, 9.17) is 14.2 Å². The van der Waals surface area contributed by atoms with Crippen molar-refractivity contribution in [3.05, 3.63) is 96.6 Å². The van der Waals surface area contributed by atoms with E-state index in [1.165, 1.54) is 6.08 Å². The zero-order valence-corrected chi connectivity index (χ0v) is 26.5. The van der Waals surface area contributed by atoms with Gasteiger partial charge in [-0.2, -0.15) is 0 Å². The molecule has 0 aliphatic heterocycles. The SMILES string of the molecule is CCCCOCCOc1ccc(-c2ccc(OC)c(/C=C\C(=O)Nc3ccc([S@@+]([O-])Cc4cncn4CCC)cc3)c2)cc1. The zero-order chi connectivity index (χ0) is 31.1. The molecule has 1 heterocycles. The number of rotatable bonds is 17. The van der Waals surface area contributed by atoms with E-state index in [0.717, 1.165) is 60.5 Å². The van der Waals surface area contributed by atoms with Gasteiger partial charge in [-0.1, -0.05) is 38.5 Å². The molecule has 0 radical (unpaired) electrons. The van der Waals surface area contributed by atoms with Gasteiger partial charge in [0.1, 0.15) is 18.1 Å². The number of benzene rings is 3. The van der Waals surface area contributed by atoms with E-state index in [9.17, 15) is 9.35 Å². The smallest absolute Gasteiger partial charge is 0.248 e. The first-order chi connectivity index (χ1) is 21.5. The largest absolute Gasteiger partial charge is 0.611 e. The summed E-state index contributed by atoms with van der Waals surface area (Å²) in [5.41, 5.74) is 4.34. The highest BCUT2D eigenvalue weighted by atomic mass is 32.2. The van der Waals surface area contributed by atoms with Crippen LogP contribution in [0.4, 0.5) is 5.69 Å². The second-order valence-corrected chi connectivity index (χ2v) is 11.7. The summed E-state index contributed by atoms with van der Waals surface area (Å²) in [6, 6.07) is 20.8. The predicted octanol–water partition coefficient (Wildman–Crippen LogP) is 7.12. The fourth-order valence-corrected chi connectivity index (χ4v) is 5.64. The highest BCUT2D eigenvalue weighted by Gasteiger charge is 2.15. The zero-order valence-electron chi connectivity index (χ0n) is 25.7. The van der Waals surface area contributed by atoms with Crippen molar-refractivity contribution in [3.63, 3.8) is 0 Å². The quantitative estimate of drug-likeness (QED) is 0.0772. The van der Waals surface area contributed by atoms with Crippen molar-refractivity contribution >= 4 is 28.8 Å².